The zero-order chi connectivity index (χ0) is 16.7. The fraction of sp³-hybridized carbons (Fsp3) is 0.412. The van der Waals surface area contributed by atoms with E-state index < -0.39 is 17.9 Å². The van der Waals surface area contributed by atoms with Gasteiger partial charge in [-0.05, 0) is 55.2 Å². The zero-order valence-corrected chi connectivity index (χ0v) is 13.5. The van der Waals surface area contributed by atoms with Gasteiger partial charge in [0.1, 0.15) is 11.8 Å². The molecule has 0 spiro atoms. The first-order valence-electron chi connectivity index (χ1n) is 7.25. The number of aliphatic carboxylic acids is 1. The first-order chi connectivity index (χ1) is 10.4. The molecule has 0 saturated carbocycles. The van der Waals surface area contributed by atoms with E-state index in [0.717, 1.165) is 22.4 Å². The van der Waals surface area contributed by atoms with Gasteiger partial charge in [-0.15, -0.1) is 0 Å². The van der Waals surface area contributed by atoms with Gasteiger partial charge in [0.15, 0.2) is 0 Å². The molecule has 1 rings (SSSR count). The summed E-state index contributed by atoms with van der Waals surface area (Å²) in [6.07, 6.45) is 4.17. The molecule has 2 N–H and O–H groups in total. The maximum atomic E-state index is 11.9. The molecule has 0 bridgehead atoms. The average molecular weight is 305 g/mol. The van der Waals surface area contributed by atoms with Crippen LogP contribution in [0.15, 0.2) is 18.2 Å². The van der Waals surface area contributed by atoms with Crippen LogP contribution in [-0.2, 0) is 9.59 Å². The van der Waals surface area contributed by atoms with Gasteiger partial charge in [-0.1, -0.05) is 13.3 Å². The number of aryl methyl sites for hydroxylation is 2. The van der Waals surface area contributed by atoms with Gasteiger partial charge in [0, 0.05) is 6.08 Å². The van der Waals surface area contributed by atoms with Crippen LogP contribution in [-0.4, -0.2) is 30.1 Å². The van der Waals surface area contributed by atoms with E-state index in [1.807, 2.05) is 32.9 Å². The third-order valence-corrected chi connectivity index (χ3v) is 3.40. The Labute approximate surface area is 131 Å². The molecule has 0 radical (unpaired) electrons. The zero-order valence-electron chi connectivity index (χ0n) is 13.5. The predicted octanol–water partition coefficient (Wildman–Crippen LogP) is 2.69. The molecule has 0 heterocycles. The highest BCUT2D eigenvalue weighted by Crippen LogP contribution is 2.22. The summed E-state index contributed by atoms with van der Waals surface area (Å²) < 4.78 is 5.19. The van der Waals surface area contributed by atoms with E-state index in [-0.39, 0.29) is 0 Å². The molecule has 5 heteroatoms. The molecule has 0 aliphatic carbocycles. The number of hydrogen-bond donors (Lipinski definition) is 2. The first kappa shape index (κ1) is 17.8. The number of amides is 1. The molecule has 0 saturated heterocycles. The molecular weight excluding hydrogens is 282 g/mol. The molecule has 0 aliphatic rings. The average Bonchev–Trinajstić information content (AvgIpc) is 2.45. The van der Waals surface area contributed by atoms with Crippen LogP contribution in [0.1, 0.15) is 36.5 Å². The van der Waals surface area contributed by atoms with Gasteiger partial charge < -0.3 is 15.2 Å². The highest BCUT2D eigenvalue weighted by atomic mass is 16.5. The van der Waals surface area contributed by atoms with Crippen molar-refractivity contribution in [3.8, 4) is 5.75 Å². The lowest BCUT2D eigenvalue weighted by molar-refractivity contribution is -0.141. The van der Waals surface area contributed by atoms with Crippen LogP contribution in [0.2, 0.25) is 0 Å². The monoisotopic (exact) mass is 305 g/mol. The Kier molecular flexibility index (Phi) is 6.63. The van der Waals surface area contributed by atoms with Gasteiger partial charge in [0.05, 0.1) is 7.11 Å². The van der Waals surface area contributed by atoms with Crippen LogP contribution < -0.4 is 10.1 Å². The second kappa shape index (κ2) is 8.22. The van der Waals surface area contributed by atoms with E-state index >= 15 is 0 Å². The number of carbonyl (C=O) groups excluding carboxylic acids is 1. The van der Waals surface area contributed by atoms with Crippen molar-refractivity contribution in [2.24, 2.45) is 0 Å². The quantitative estimate of drug-likeness (QED) is 0.759. The Morgan fingerprint density at radius 3 is 2.36 bits per heavy atom. The molecule has 1 amide bonds. The van der Waals surface area contributed by atoms with Gasteiger partial charge in [0.25, 0.3) is 0 Å². The molecule has 22 heavy (non-hydrogen) atoms. The van der Waals surface area contributed by atoms with Gasteiger partial charge in [-0.25, -0.2) is 4.79 Å². The summed E-state index contributed by atoms with van der Waals surface area (Å²) in [4.78, 5) is 22.9. The molecule has 0 fully saturated rings. The van der Waals surface area contributed by atoms with E-state index in [0.29, 0.717) is 12.8 Å². The number of ether oxygens (including phenoxy) is 1. The van der Waals surface area contributed by atoms with E-state index in [9.17, 15) is 9.59 Å². The summed E-state index contributed by atoms with van der Waals surface area (Å²) in [7, 11) is 1.61. The molecule has 0 aromatic heterocycles. The Hall–Kier alpha value is -2.30. The minimum absolute atomic E-state index is 0.407. The molecule has 5 nitrogen and oxygen atoms in total. The lowest BCUT2D eigenvalue weighted by Crippen LogP contribution is -2.39. The number of benzene rings is 1. The van der Waals surface area contributed by atoms with Crippen molar-refractivity contribution in [1.29, 1.82) is 0 Å². The first-order valence-corrected chi connectivity index (χ1v) is 7.25. The number of hydrogen-bond acceptors (Lipinski definition) is 3. The number of nitrogens with one attached hydrogen (secondary N) is 1. The molecule has 1 atom stereocenters. The van der Waals surface area contributed by atoms with Crippen molar-refractivity contribution in [1.82, 2.24) is 5.32 Å². The minimum Gasteiger partial charge on any atom is -0.497 e. The summed E-state index contributed by atoms with van der Waals surface area (Å²) in [6, 6.07) is 2.93. The van der Waals surface area contributed by atoms with Crippen LogP contribution in [0.3, 0.4) is 0 Å². The second-order valence-electron chi connectivity index (χ2n) is 5.20. The second-order valence-corrected chi connectivity index (χ2v) is 5.20. The molecule has 1 aromatic carbocycles. The maximum Gasteiger partial charge on any atom is 0.326 e. The van der Waals surface area contributed by atoms with Crippen LogP contribution >= 0.6 is 0 Å². The SMILES string of the molecule is CCCC(NC(=O)/C=C/c1c(C)cc(OC)cc1C)C(=O)O. The molecular formula is C17H23NO4. The predicted molar refractivity (Wildman–Crippen MR) is 86.0 cm³/mol. The standard InChI is InChI=1S/C17H23NO4/c1-5-6-15(17(20)21)18-16(19)8-7-14-11(2)9-13(22-4)10-12(14)3/h7-10,15H,5-6H2,1-4H3,(H,18,19)(H,20,21)/b8-7+. The normalized spacial score (nSPS) is 12.2. The number of methoxy groups -OCH3 is 1. The van der Waals surface area contributed by atoms with Crippen molar-refractivity contribution >= 4 is 18.0 Å². The highest BCUT2D eigenvalue weighted by Gasteiger charge is 2.17. The van der Waals surface area contributed by atoms with E-state index in [1.54, 1.807) is 13.2 Å². The van der Waals surface area contributed by atoms with Crippen LogP contribution in [0.25, 0.3) is 6.08 Å². The lowest BCUT2D eigenvalue weighted by atomic mass is 10.0. The third-order valence-electron chi connectivity index (χ3n) is 3.40. The van der Waals surface area contributed by atoms with Gasteiger partial charge in [-0.2, -0.15) is 0 Å². The van der Waals surface area contributed by atoms with Crippen LogP contribution in [0.5, 0.6) is 5.75 Å². The summed E-state index contributed by atoms with van der Waals surface area (Å²) in [5, 5.41) is 11.5. The number of carboxylic acid groups (broad SMARTS) is 1. The van der Waals surface area contributed by atoms with Crippen molar-refractivity contribution in [3.63, 3.8) is 0 Å². The fourth-order valence-electron chi connectivity index (χ4n) is 2.24. The summed E-state index contributed by atoms with van der Waals surface area (Å²) in [5.74, 6) is -0.652. The van der Waals surface area contributed by atoms with E-state index in [1.165, 1.54) is 6.08 Å². The van der Waals surface area contributed by atoms with E-state index in [4.69, 9.17) is 9.84 Å². The minimum atomic E-state index is -1.01. The molecule has 1 unspecified atom stereocenters. The number of rotatable bonds is 7. The van der Waals surface area contributed by atoms with E-state index in [2.05, 4.69) is 5.32 Å². The lowest BCUT2D eigenvalue weighted by Gasteiger charge is -2.12. The summed E-state index contributed by atoms with van der Waals surface area (Å²) in [5.41, 5.74) is 2.91. The Morgan fingerprint density at radius 1 is 1.32 bits per heavy atom. The van der Waals surface area contributed by atoms with Crippen LogP contribution in [0.4, 0.5) is 0 Å². The van der Waals surface area contributed by atoms with Crippen molar-refractivity contribution in [2.75, 3.05) is 7.11 Å². The van der Waals surface area contributed by atoms with Crippen molar-refractivity contribution in [2.45, 2.75) is 39.7 Å². The van der Waals surface area contributed by atoms with Gasteiger partial charge in [-0.3, -0.25) is 4.79 Å². The van der Waals surface area contributed by atoms with Gasteiger partial charge >= 0.3 is 5.97 Å². The number of carbonyl (C=O) groups is 2. The smallest absolute Gasteiger partial charge is 0.326 e. The third kappa shape index (κ3) is 4.91. The Bertz CT molecular complexity index is 555. The van der Waals surface area contributed by atoms with Crippen molar-refractivity contribution < 1.29 is 19.4 Å². The van der Waals surface area contributed by atoms with Gasteiger partial charge in [0.2, 0.25) is 5.91 Å². The molecule has 120 valence electrons. The largest absolute Gasteiger partial charge is 0.497 e. The maximum absolute atomic E-state index is 11.9. The highest BCUT2D eigenvalue weighted by molar-refractivity contribution is 5.94. The number of carboxylic acids is 1. The topological polar surface area (TPSA) is 75.6 Å². The molecule has 0 aliphatic heterocycles. The summed E-state index contributed by atoms with van der Waals surface area (Å²) in [6.45, 7) is 5.75. The van der Waals surface area contributed by atoms with Crippen molar-refractivity contribution in [3.05, 3.63) is 34.9 Å². The fourth-order valence-corrected chi connectivity index (χ4v) is 2.24. The Balaban J connectivity index is 2.84. The van der Waals surface area contributed by atoms with Crippen LogP contribution in [0, 0.1) is 13.8 Å². The Morgan fingerprint density at radius 2 is 1.91 bits per heavy atom. The summed E-state index contributed by atoms with van der Waals surface area (Å²) >= 11 is 0. The molecule has 1 aromatic rings.